The van der Waals surface area contributed by atoms with Crippen molar-refractivity contribution < 1.29 is 22.8 Å². The molecule has 0 spiro atoms. The summed E-state index contributed by atoms with van der Waals surface area (Å²) in [5, 5.41) is 2.44. The summed E-state index contributed by atoms with van der Waals surface area (Å²) in [6.07, 6.45) is 0.718. The summed E-state index contributed by atoms with van der Waals surface area (Å²) in [7, 11) is 0. The smallest absolute Gasteiger partial charge is 0.351 e. The molecule has 8 nitrogen and oxygen atoms in total. The summed E-state index contributed by atoms with van der Waals surface area (Å²) >= 11 is 0. The Labute approximate surface area is 189 Å². The van der Waals surface area contributed by atoms with Crippen molar-refractivity contribution in [3.05, 3.63) is 30.6 Å². The minimum absolute atomic E-state index is 0.0232. The highest BCUT2D eigenvalue weighted by molar-refractivity contribution is 6.04. The molecular formula is C22H27F3N6O2. The predicted octanol–water partition coefficient (Wildman–Crippen LogP) is 2.89. The number of piperazine rings is 1. The fraction of sp³-hybridized carbons (Fsp3) is 0.545. The van der Waals surface area contributed by atoms with E-state index in [1.54, 1.807) is 6.20 Å². The highest BCUT2D eigenvalue weighted by Gasteiger charge is 2.56. The van der Waals surface area contributed by atoms with Crippen LogP contribution in [0, 0.1) is 11.8 Å². The van der Waals surface area contributed by atoms with Crippen molar-refractivity contribution in [2.75, 3.05) is 24.5 Å². The zero-order chi connectivity index (χ0) is 23.9. The lowest BCUT2D eigenvalue weighted by Gasteiger charge is -2.42. The summed E-state index contributed by atoms with van der Waals surface area (Å²) in [5.74, 6) is -1.28. The zero-order valence-corrected chi connectivity index (χ0v) is 18.5. The van der Waals surface area contributed by atoms with Crippen molar-refractivity contribution in [1.82, 2.24) is 25.2 Å². The quantitative estimate of drug-likeness (QED) is 0.642. The van der Waals surface area contributed by atoms with Crippen molar-refractivity contribution in [3.63, 3.8) is 0 Å². The molecule has 0 aromatic carbocycles. The Hall–Kier alpha value is -3.11. The molecule has 0 unspecified atom stereocenters. The van der Waals surface area contributed by atoms with Crippen LogP contribution in [0.2, 0.25) is 0 Å². The first-order chi connectivity index (χ1) is 15.6. The van der Waals surface area contributed by atoms with E-state index >= 15 is 0 Å². The number of rotatable bonds is 6. The summed E-state index contributed by atoms with van der Waals surface area (Å²) in [6.45, 7) is 9.37. The maximum absolute atomic E-state index is 12.8. The van der Waals surface area contributed by atoms with Gasteiger partial charge in [-0.25, -0.2) is 9.97 Å². The first-order valence-corrected chi connectivity index (χ1v) is 11.0. The van der Waals surface area contributed by atoms with Gasteiger partial charge < -0.3 is 20.1 Å². The van der Waals surface area contributed by atoms with Crippen LogP contribution in [0.15, 0.2) is 25.0 Å². The van der Waals surface area contributed by atoms with E-state index in [9.17, 15) is 22.8 Å². The molecule has 3 atom stereocenters. The second-order valence-corrected chi connectivity index (χ2v) is 9.06. The van der Waals surface area contributed by atoms with Crippen molar-refractivity contribution in [2.24, 2.45) is 11.8 Å². The van der Waals surface area contributed by atoms with E-state index in [0.29, 0.717) is 42.5 Å². The summed E-state index contributed by atoms with van der Waals surface area (Å²) < 4.78 is 38.4. The van der Waals surface area contributed by atoms with Crippen LogP contribution in [0.4, 0.5) is 19.0 Å². The average molecular weight is 464 g/mol. The molecule has 4 rings (SSSR count). The van der Waals surface area contributed by atoms with Crippen LogP contribution < -0.4 is 10.2 Å². The average Bonchev–Trinajstić information content (AvgIpc) is 3.41. The Balaban J connectivity index is 1.53. The summed E-state index contributed by atoms with van der Waals surface area (Å²) in [4.78, 5) is 40.5. The van der Waals surface area contributed by atoms with Crippen LogP contribution in [0.25, 0.3) is 11.2 Å². The lowest BCUT2D eigenvalue weighted by atomic mass is 10.00. The SMILES string of the molecule is C=CC(=O)N1CCN(c2cnc3[nH]cc(C(=O)N[C@@H]4C[C@H]4C(F)(F)F)c3n2)C[C@@H]1CC(C)C. The van der Waals surface area contributed by atoms with Crippen molar-refractivity contribution in [3.8, 4) is 0 Å². The third kappa shape index (κ3) is 4.81. The van der Waals surface area contributed by atoms with E-state index in [-0.39, 0.29) is 23.9 Å². The number of nitrogens with zero attached hydrogens (tertiary/aromatic N) is 4. The minimum atomic E-state index is -4.31. The molecule has 2 N–H and O–H groups in total. The molecule has 0 radical (unpaired) electrons. The van der Waals surface area contributed by atoms with E-state index in [1.165, 1.54) is 12.3 Å². The standard InChI is InChI=1S/C22H27F3N6O2/c1-4-18(32)31-6-5-30(11-13(31)7-12(2)3)17-10-27-20-19(29-17)14(9-26-20)21(33)28-16-8-15(16)22(23,24)25/h4,9-10,12-13,15-16H,1,5-8,11H2,2-3H3,(H,26,27)(H,28,33)/t13-,15+,16+/m0/s1. The Morgan fingerprint density at radius 2 is 2.12 bits per heavy atom. The number of halogens is 3. The van der Waals surface area contributed by atoms with Gasteiger partial charge in [-0.3, -0.25) is 9.59 Å². The number of amides is 2. The lowest BCUT2D eigenvalue weighted by Crippen LogP contribution is -2.55. The number of anilines is 1. The molecule has 1 saturated carbocycles. The van der Waals surface area contributed by atoms with Crippen LogP contribution in [0.3, 0.4) is 0 Å². The fourth-order valence-corrected chi connectivity index (χ4v) is 4.39. The third-order valence-corrected chi connectivity index (χ3v) is 6.15. The van der Waals surface area contributed by atoms with Crippen LogP contribution in [0.5, 0.6) is 0 Å². The molecule has 2 aliphatic rings. The van der Waals surface area contributed by atoms with Crippen LogP contribution in [-0.2, 0) is 4.79 Å². The highest BCUT2D eigenvalue weighted by atomic mass is 19.4. The van der Waals surface area contributed by atoms with Gasteiger partial charge in [0.15, 0.2) is 5.65 Å². The normalized spacial score (nSPS) is 23.2. The van der Waals surface area contributed by atoms with Gasteiger partial charge in [-0.15, -0.1) is 0 Å². The minimum Gasteiger partial charge on any atom is -0.351 e. The van der Waals surface area contributed by atoms with Crippen molar-refractivity contribution in [2.45, 2.75) is 44.9 Å². The first-order valence-electron chi connectivity index (χ1n) is 11.0. The number of fused-ring (bicyclic) bond motifs is 1. The lowest BCUT2D eigenvalue weighted by molar-refractivity contribution is -0.148. The van der Waals surface area contributed by atoms with Crippen LogP contribution >= 0.6 is 0 Å². The number of aromatic nitrogens is 3. The molecule has 1 saturated heterocycles. The van der Waals surface area contributed by atoms with Gasteiger partial charge in [-0.05, 0) is 24.8 Å². The molecule has 11 heteroatoms. The molecule has 0 bridgehead atoms. The second kappa shape index (κ2) is 8.68. The van der Waals surface area contributed by atoms with Gasteiger partial charge in [-0.1, -0.05) is 20.4 Å². The molecule has 2 fully saturated rings. The molecule has 2 amide bonds. The zero-order valence-electron chi connectivity index (χ0n) is 18.5. The maximum Gasteiger partial charge on any atom is 0.393 e. The number of aromatic amines is 1. The highest BCUT2D eigenvalue weighted by Crippen LogP contribution is 2.44. The Bertz CT molecular complexity index is 1070. The largest absolute Gasteiger partial charge is 0.393 e. The number of nitrogens with one attached hydrogen (secondary N) is 2. The Kier molecular flexibility index (Phi) is 6.06. The maximum atomic E-state index is 12.8. The monoisotopic (exact) mass is 464 g/mol. The third-order valence-electron chi connectivity index (χ3n) is 6.15. The molecule has 178 valence electrons. The van der Waals surface area contributed by atoms with E-state index < -0.39 is 24.0 Å². The molecular weight excluding hydrogens is 437 g/mol. The number of hydrogen-bond donors (Lipinski definition) is 2. The van der Waals surface area contributed by atoms with E-state index in [2.05, 4.69) is 40.7 Å². The van der Waals surface area contributed by atoms with Gasteiger partial charge in [0.1, 0.15) is 11.3 Å². The molecule has 1 aliphatic carbocycles. The predicted molar refractivity (Wildman–Crippen MR) is 117 cm³/mol. The van der Waals surface area contributed by atoms with Crippen molar-refractivity contribution in [1.29, 1.82) is 0 Å². The van der Waals surface area contributed by atoms with Gasteiger partial charge in [0.25, 0.3) is 5.91 Å². The van der Waals surface area contributed by atoms with Crippen LogP contribution in [0.1, 0.15) is 37.0 Å². The van der Waals surface area contributed by atoms with E-state index in [1.807, 2.05) is 9.80 Å². The molecule has 2 aromatic heterocycles. The molecule has 2 aromatic rings. The fourth-order valence-electron chi connectivity index (χ4n) is 4.39. The van der Waals surface area contributed by atoms with Gasteiger partial charge in [-0.2, -0.15) is 13.2 Å². The number of H-pyrrole nitrogens is 1. The Morgan fingerprint density at radius 1 is 1.36 bits per heavy atom. The number of hydrogen-bond acceptors (Lipinski definition) is 5. The van der Waals surface area contributed by atoms with E-state index in [4.69, 9.17) is 0 Å². The Morgan fingerprint density at radius 3 is 2.76 bits per heavy atom. The number of carbonyl (C=O) groups excluding carboxylic acids is 2. The van der Waals surface area contributed by atoms with Gasteiger partial charge >= 0.3 is 6.18 Å². The van der Waals surface area contributed by atoms with Gasteiger partial charge in [0.2, 0.25) is 5.91 Å². The molecule has 3 heterocycles. The number of alkyl halides is 3. The number of carbonyl (C=O) groups is 2. The molecule has 1 aliphatic heterocycles. The van der Waals surface area contributed by atoms with E-state index in [0.717, 1.165) is 6.42 Å². The second-order valence-electron chi connectivity index (χ2n) is 9.06. The van der Waals surface area contributed by atoms with Crippen molar-refractivity contribution >= 4 is 28.8 Å². The van der Waals surface area contributed by atoms with Gasteiger partial charge in [0.05, 0.1) is 17.7 Å². The summed E-state index contributed by atoms with van der Waals surface area (Å²) in [6, 6.07) is -0.934. The molecule has 33 heavy (non-hydrogen) atoms. The van der Waals surface area contributed by atoms with Crippen LogP contribution in [-0.4, -0.2) is 69.6 Å². The first kappa shape index (κ1) is 23.1. The topological polar surface area (TPSA) is 94.2 Å². The van der Waals surface area contributed by atoms with Gasteiger partial charge in [0, 0.05) is 37.9 Å². The summed E-state index contributed by atoms with van der Waals surface area (Å²) in [5.41, 5.74) is 0.844.